The molecule has 18 heavy (non-hydrogen) atoms. The first-order chi connectivity index (χ1) is 8.57. The van der Waals surface area contributed by atoms with E-state index in [-0.39, 0.29) is 11.9 Å². The van der Waals surface area contributed by atoms with E-state index in [9.17, 15) is 0 Å². The van der Waals surface area contributed by atoms with Crippen molar-refractivity contribution in [2.24, 2.45) is 16.3 Å². The highest BCUT2D eigenvalue weighted by Gasteiger charge is 2.25. The van der Waals surface area contributed by atoms with E-state index >= 15 is 0 Å². The third-order valence-electron chi connectivity index (χ3n) is 3.79. The number of rotatable bonds is 7. The molecule has 106 valence electrons. The van der Waals surface area contributed by atoms with Gasteiger partial charge in [-0.15, -0.1) is 0 Å². The second kappa shape index (κ2) is 7.59. The van der Waals surface area contributed by atoms with Gasteiger partial charge in [-0.1, -0.05) is 31.3 Å². The van der Waals surface area contributed by atoms with Crippen molar-refractivity contribution in [3.63, 3.8) is 0 Å². The lowest BCUT2D eigenvalue weighted by atomic mass is 9.76. The van der Waals surface area contributed by atoms with E-state index in [0.717, 1.165) is 13.1 Å². The summed E-state index contributed by atoms with van der Waals surface area (Å²) >= 11 is 0. The lowest BCUT2D eigenvalue weighted by Crippen LogP contribution is -2.36. The molecule has 1 aliphatic carbocycles. The van der Waals surface area contributed by atoms with Crippen molar-refractivity contribution >= 4 is 5.84 Å². The fourth-order valence-electron chi connectivity index (χ4n) is 2.45. The van der Waals surface area contributed by atoms with Gasteiger partial charge in [-0.25, -0.2) is 0 Å². The number of nitrogens with two attached hydrogens (primary N) is 1. The lowest BCUT2D eigenvalue weighted by molar-refractivity contribution is 0.104. The molecule has 0 aromatic heterocycles. The molecule has 1 unspecified atom stereocenters. The Labute approximate surface area is 110 Å². The maximum Gasteiger partial charge on any atom is 0.168 e. The van der Waals surface area contributed by atoms with E-state index in [1.54, 1.807) is 6.92 Å². The molecular formula is C13H27N3O2. The molecule has 1 atom stereocenters. The third-order valence-corrected chi connectivity index (χ3v) is 3.79. The minimum Gasteiger partial charge on any atom is -0.409 e. The first kappa shape index (κ1) is 15.2. The molecule has 5 heteroatoms. The van der Waals surface area contributed by atoms with Gasteiger partial charge in [-0.05, 0) is 25.2 Å². The van der Waals surface area contributed by atoms with Crippen LogP contribution in [0.2, 0.25) is 0 Å². The Balaban J connectivity index is 2.08. The van der Waals surface area contributed by atoms with Crippen LogP contribution in [-0.2, 0) is 4.74 Å². The van der Waals surface area contributed by atoms with Crippen LogP contribution >= 0.6 is 0 Å². The van der Waals surface area contributed by atoms with Crippen LogP contribution in [0.3, 0.4) is 0 Å². The zero-order valence-corrected chi connectivity index (χ0v) is 11.6. The van der Waals surface area contributed by atoms with Crippen LogP contribution in [0.1, 0.15) is 46.0 Å². The van der Waals surface area contributed by atoms with E-state index < -0.39 is 0 Å². The number of amidine groups is 1. The smallest absolute Gasteiger partial charge is 0.168 e. The number of hydrogen-bond acceptors (Lipinski definition) is 4. The molecule has 0 bridgehead atoms. The number of ether oxygens (including phenoxy) is 1. The summed E-state index contributed by atoms with van der Waals surface area (Å²) in [6.07, 6.45) is 6.41. The molecule has 0 aliphatic heterocycles. The van der Waals surface area contributed by atoms with Gasteiger partial charge in [0.05, 0.1) is 6.61 Å². The van der Waals surface area contributed by atoms with Gasteiger partial charge in [-0.2, -0.15) is 0 Å². The summed E-state index contributed by atoms with van der Waals surface area (Å²) in [5.74, 6) is 0.120. The van der Waals surface area contributed by atoms with Crippen LogP contribution in [0.15, 0.2) is 5.16 Å². The molecule has 5 nitrogen and oxygen atoms in total. The van der Waals surface area contributed by atoms with Crippen molar-refractivity contribution in [3.8, 4) is 0 Å². The highest BCUT2D eigenvalue weighted by molar-refractivity contribution is 5.83. The van der Waals surface area contributed by atoms with Gasteiger partial charge in [0.2, 0.25) is 0 Å². The summed E-state index contributed by atoms with van der Waals surface area (Å²) in [4.78, 5) is 0. The SMILES string of the molecule is CC(OCCNCC1(C)CCCCC1)C(N)=NO. The van der Waals surface area contributed by atoms with Gasteiger partial charge >= 0.3 is 0 Å². The van der Waals surface area contributed by atoms with Crippen molar-refractivity contribution in [3.05, 3.63) is 0 Å². The van der Waals surface area contributed by atoms with Gasteiger partial charge < -0.3 is 21.0 Å². The van der Waals surface area contributed by atoms with Crippen LogP contribution in [0.4, 0.5) is 0 Å². The first-order valence-corrected chi connectivity index (χ1v) is 6.87. The molecule has 1 fully saturated rings. The normalized spacial score (nSPS) is 21.8. The van der Waals surface area contributed by atoms with Crippen molar-refractivity contribution in [2.45, 2.75) is 52.1 Å². The lowest BCUT2D eigenvalue weighted by Gasteiger charge is -2.33. The van der Waals surface area contributed by atoms with Crippen molar-refractivity contribution in [1.29, 1.82) is 0 Å². The van der Waals surface area contributed by atoms with Crippen LogP contribution in [-0.4, -0.2) is 36.8 Å². The molecule has 0 radical (unpaired) electrons. The van der Waals surface area contributed by atoms with E-state index in [1.165, 1.54) is 32.1 Å². The molecule has 1 rings (SSSR count). The minimum atomic E-state index is -0.331. The van der Waals surface area contributed by atoms with Crippen molar-refractivity contribution < 1.29 is 9.94 Å². The van der Waals surface area contributed by atoms with Gasteiger partial charge in [0.1, 0.15) is 6.10 Å². The summed E-state index contributed by atoms with van der Waals surface area (Å²) in [5.41, 5.74) is 5.88. The third kappa shape index (κ3) is 5.23. The number of nitrogens with one attached hydrogen (secondary N) is 1. The molecule has 1 saturated carbocycles. The van der Waals surface area contributed by atoms with Crippen LogP contribution in [0, 0.1) is 5.41 Å². The van der Waals surface area contributed by atoms with Gasteiger partial charge in [-0.3, -0.25) is 0 Å². The van der Waals surface area contributed by atoms with E-state index in [0.29, 0.717) is 12.0 Å². The average molecular weight is 257 g/mol. The van der Waals surface area contributed by atoms with Crippen molar-refractivity contribution in [1.82, 2.24) is 5.32 Å². The van der Waals surface area contributed by atoms with Gasteiger partial charge in [0.25, 0.3) is 0 Å². The first-order valence-electron chi connectivity index (χ1n) is 6.87. The molecule has 0 saturated heterocycles. The van der Waals surface area contributed by atoms with Gasteiger partial charge in [0, 0.05) is 13.1 Å². The van der Waals surface area contributed by atoms with Crippen LogP contribution in [0.25, 0.3) is 0 Å². The summed E-state index contributed by atoms with van der Waals surface area (Å²) in [7, 11) is 0. The Morgan fingerprint density at radius 3 is 2.72 bits per heavy atom. The van der Waals surface area contributed by atoms with Crippen LogP contribution < -0.4 is 11.1 Å². The minimum absolute atomic E-state index is 0.120. The monoisotopic (exact) mass is 257 g/mol. The fraction of sp³-hybridized carbons (Fsp3) is 0.923. The molecule has 0 spiro atoms. The Hall–Kier alpha value is -0.810. The van der Waals surface area contributed by atoms with E-state index in [4.69, 9.17) is 15.7 Å². The van der Waals surface area contributed by atoms with Crippen LogP contribution in [0.5, 0.6) is 0 Å². The fourth-order valence-corrected chi connectivity index (χ4v) is 2.45. The Morgan fingerprint density at radius 2 is 2.11 bits per heavy atom. The molecule has 0 amide bonds. The van der Waals surface area contributed by atoms with Crippen molar-refractivity contribution in [2.75, 3.05) is 19.7 Å². The molecule has 0 heterocycles. The molecule has 0 aromatic rings. The summed E-state index contributed by atoms with van der Waals surface area (Å²) in [5, 5.41) is 14.8. The van der Waals surface area contributed by atoms with E-state index in [1.807, 2.05) is 0 Å². The maximum atomic E-state index is 8.48. The number of oxime groups is 1. The number of nitrogens with zero attached hydrogens (tertiary/aromatic N) is 1. The largest absolute Gasteiger partial charge is 0.409 e. The number of hydrogen-bond donors (Lipinski definition) is 3. The second-order valence-electron chi connectivity index (χ2n) is 5.59. The highest BCUT2D eigenvalue weighted by Crippen LogP contribution is 2.34. The predicted octanol–water partition coefficient (Wildman–Crippen LogP) is 1.70. The van der Waals surface area contributed by atoms with Gasteiger partial charge in [0.15, 0.2) is 5.84 Å². The Morgan fingerprint density at radius 1 is 1.44 bits per heavy atom. The average Bonchev–Trinajstić information content (AvgIpc) is 2.38. The topological polar surface area (TPSA) is 79.9 Å². The zero-order valence-electron chi connectivity index (χ0n) is 11.6. The molecular weight excluding hydrogens is 230 g/mol. The Bertz CT molecular complexity index is 263. The highest BCUT2D eigenvalue weighted by atomic mass is 16.5. The molecule has 4 N–H and O–H groups in total. The summed E-state index contributed by atoms with van der Waals surface area (Å²) < 4.78 is 5.44. The maximum absolute atomic E-state index is 8.48. The quantitative estimate of drug-likeness (QED) is 0.213. The summed E-state index contributed by atoms with van der Waals surface area (Å²) in [6.45, 7) is 6.57. The standard InChI is InChI=1S/C13H27N3O2/c1-11(12(14)16-17)18-9-8-15-10-13(2)6-4-3-5-7-13/h11,15,17H,3-10H2,1-2H3,(H2,14,16). The molecule has 1 aliphatic rings. The summed E-state index contributed by atoms with van der Waals surface area (Å²) in [6, 6.07) is 0. The predicted molar refractivity (Wildman–Crippen MR) is 72.9 cm³/mol. The zero-order chi connectivity index (χ0) is 13.4. The Kier molecular flexibility index (Phi) is 6.43. The van der Waals surface area contributed by atoms with E-state index in [2.05, 4.69) is 17.4 Å². The second-order valence-corrected chi connectivity index (χ2v) is 5.59. The molecule has 0 aromatic carbocycles.